The van der Waals surface area contributed by atoms with Crippen LogP contribution in [0.2, 0.25) is 0 Å². The van der Waals surface area contributed by atoms with Gasteiger partial charge >= 0.3 is 0 Å². The molecule has 0 aliphatic carbocycles. The number of hydrogen-bond acceptors (Lipinski definition) is 4. The number of likely N-dealkylation sites (tertiary alicyclic amines) is 1. The molecule has 1 saturated heterocycles. The molecule has 4 heterocycles. The maximum Gasteiger partial charge on any atom is 0.255 e. The standard InChI is InChI=1S/C18H21BrN4O2/c1-22-16-4-7-25-11-15(16)17(21-22)12-2-5-23(6-3-12)18(24)13-8-14(19)10-20-9-13/h8-10,12H,2-7,11H2,1H3. The second-order valence-electron chi connectivity index (χ2n) is 6.69. The zero-order valence-corrected chi connectivity index (χ0v) is 15.8. The van der Waals surface area contributed by atoms with E-state index in [0.29, 0.717) is 18.1 Å². The predicted octanol–water partition coefficient (Wildman–Crippen LogP) is 2.67. The molecule has 0 radical (unpaired) electrons. The van der Waals surface area contributed by atoms with Gasteiger partial charge in [0.25, 0.3) is 5.91 Å². The number of aromatic nitrogens is 3. The van der Waals surface area contributed by atoms with Crippen molar-refractivity contribution in [3.8, 4) is 0 Å². The first-order chi connectivity index (χ1) is 12.1. The van der Waals surface area contributed by atoms with Gasteiger partial charge in [-0.15, -0.1) is 0 Å². The lowest BCUT2D eigenvalue weighted by Gasteiger charge is -2.32. The van der Waals surface area contributed by atoms with E-state index in [1.807, 2.05) is 22.7 Å². The van der Waals surface area contributed by atoms with E-state index in [1.165, 1.54) is 17.0 Å². The molecular weight excluding hydrogens is 384 g/mol. The third-order valence-corrected chi connectivity index (χ3v) is 5.59. The zero-order chi connectivity index (χ0) is 17.4. The molecule has 0 unspecified atom stereocenters. The highest BCUT2D eigenvalue weighted by Crippen LogP contribution is 2.33. The van der Waals surface area contributed by atoms with Crippen LogP contribution < -0.4 is 0 Å². The number of aryl methyl sites for hydroxylation is 1. The van der Waals surface area contributed by atoms with E-state index in [-0.39, 0.29) is 5.91 Å². The van der Waals surface area contributed by atoms with Gasteiger partial charge in [-0.1, -0.05) is 0 Å². The van der Waals surface area contributed by atoms with E-state index in [0.717, 1.165) is 43.4 Å². The molecule has 132 valence electrons. The first kappa shape index (κ1) is 16.7. The minimum atomic E-state index is 0.0543. The summed E-state index contributed by atoms with van der Waals surface area (Å²) in [6.45, 7) is 2.95. The van der Waals surface area contributed by atoms with Crippen molar-refractivity contribution in [3.63, 3.8) is 0 Å². The highest BCUT2D eigenvalue weighted by molar-refractivity contribution is 9.10. The maximum absolute atomic E-state index is 12.7. The maximum atomic E-state index is 12.7. The number of piperidine rings is 1. The van der Waals surface area contributed by atoms with Crippen LogP contribution in [0.25, 0.3) is 0 Å². The van der Waals surface area contributed by atoms with Gasteiger partial charge in [0, 0.05) is 60.6 Å². The third-order valence-electron chi connectivity index (χ3n) is 5.16. The molecule has 2 aliphatic heterocycles. The lowest BCUT2D eigenvalue weighted by molar-refractivity contribution is 0.0709. The van der Waals surface area contributed by atoms with Gasteiger partial charge in [0.1, 0.15) is 0 Å². The van der Waals surface area contributed by atoms with E-state index >= 15 is 0 Å². The number of hydrogen-bond donors (Lipinski definition) is 0. The smallest absolute Gasteiger partial charge is 0.255 e. The lowest BCUT2D eigenvalue weighted by atomic mass is 9.90. The molecule has 6 nitrogen and oxygen atoms in total. The van der Waals surface area contributed by atoms with Gasteiger partial charge in [-0.2, -0.15) is 5.10 Å². The number of carbonyl (C=O) groups excluding carboxylic acids is 1. The van der Waals surface area contributed by atoms with Gasteiger partial charge in [0.05, 0.1) is 24.5 Å². The molecule has 7 heteroatoms. The number of nitrogens with zero attached hydrogens (tertiary/aromatic N) is 4. The van der Waals surface area contributed by atoms with Crippen LogP contribution in [-0.4, -0.2) is 45.3 Å². The molecular formula is C18H21BrN4O2. The van der Waals surface area contributed by atoms with Crippen LogP contribution >= 0.6 is 15.9 Å². The fourth-order valence-corrected chi connectivity index (χ4v) is 4.20. The van der Waals surface area contributed by atoms with Crippen LogP contribution in [-0.2, 0) is 24.8 Å². The first-order valence-corrected chi connectivity index (χ1v) is 9.45. The second kappa shape index (κ2) is 6.88. The Hall–Kier alpha value is -1.73. The Bertz CT molecular complexity index is 796. The van der Waals surface area contributed by atoms with E-state index < -0.39 is 0 Å². The van der Waals surface area contributed by atoms with Crippen molar-refractivity contribution in [1.29, 1.82) is 0 Å². The van der Waals surface area contributed by atoms with Crippen LogP contribution in [0.15, 0.2) is 22.9 Å². The number of ether oxygens (including phenoxy) is 1. The van der Waals surface area contributed by atoms with Crippen molar-refractivity contribution in [2.75, 3.05) is 19.7 Å². The molecule has 0 bridgehead atoms. The Morgan fingerprint density at radius 1 is 1.32 bits per heavy atom. The van der Waals surface area contributed by atoms with Gasteiger partial charge < -0.3 is 9.64 Å². The molecule has 2 aromatic heterocycles. The fraction of sp³-hybridized carbons (Fsp3) is 0.500. The van der Waals surface area contributed by atoms with Crippen LogP contribution in [0.1, 0.15) is 46.1 Å². The molecule has 1 fully saturated rings. The molecule has 25 heavy (non-hydrogen) atoms. The number of amides is 1. The average Bonchev–Trinajstić information content (AvgIpc) is 2.98. The fourth-order valence-electron chi connectivity index (χ4n) is 3.83. The Morgan fingerprint density at radius 2 is 2.12 bits per heavy atom. The Kier molecular flexibility index (Phi) is 4.60. The molecule has 0 saturated carbocycles. The van der Waals surface area contributed by atoms with E-state index in [2.05, 4.69) is 20.9 Å². The first-order valence-electron chi connectivity index (χ1n) is 8.65. The summed E-state index contributed by atoms with van der Waals surface area (Å²) in [7, 11) is 2.02. The summed E-state index contributed by atoms with van der Waals surface area (Å²) in [5, 5.41) is 4.77. The highest BCUT2D eigenvalue weighted by Gasteiger charge is 2.30. The Labute approximate surface area is 155 Å². The minimum absolute atomic E-state index is 0.0543. The summed E-state index contributed by atoms with van der Waals surface area (Å²) >= 11 is 3.38. The predicted molar refractivity (Wildman–Crippen MR) is 96.4 cm³/mol. The Balaban J connectivity index is 1.46. The van der Waals surface area contributed by atoms with Crippen LogP contribution in [0.5, 0.6) is 0 Å². The van der Waals surface area contributed by atoms with Gasteiger partial charge in [0.15, 0.2) is 0 Å². The van der Waals surface area contributed by atoms with E-state index in [9.17, 15) is 4.79 Å². The number of pyridine rings is 1. The summed E-state index contributed by atoms with van der Waals surface area (Å²) in [5.41, 5.74) is 4.39. The zero-order valence-electron chi connectivity index (χ0n) is 14.2. The van der Waals surface area contributed by atoms with Crippen LogP contribution in [0.3, 0.4) is 0 Å². The highest BCUT2D eigenvalue weighted by atomic mass is 79.9. The molecule has 0 N–H and O–H groups in total. The normalized spacial score (nSPS) is 18.2. The molecule has 1 amide bonds. The molecule has 0 atom stereocenters. The number of rotatable bonds is 2. The van der Waals surface area contributed by atoms with Gasteiger partial charge in [-0.3, -0.25) is 14.5 Å². The second-order valence-corrected chi connectivity index (χ2v) is 7.61. The minimum Gasteiger partial charge on any atom is -0.376 e. The topological polar surface area (TPSA) is 60.2 Å². The Morgan fingerprint density at radius 3 is 2.88 bits per heavy atom. The van der Waals surface area contributed by atoms with Gasteiger partial charge in [-0.25, -0.2) is 0 Å². The van der Waals surface area contributed by atoms with Crippen molar-refractivity contribution in [1.82, 2.24) is 19.7 Å². The molecule has 0 spiro atoms. The average molecular weight is 405 g/mol. The monoisotopic (exact) mass is 404 g/mol. The van der Waals surface area contributed by atoms with Crippen molar-refractivity contribution in [2.45, 2.75) is 31.8 Å². The van der Waals surface area contributed by atoms with Crippen LogP contribution in [0, 0.1) is 0 Å². The summed E-state index contributed by atoms with van der Waals surface area (Å²) in [6.07, 6.45) is 6.14. The van der Waals surface area contributed by atoms with E-state index in [4.69, 9.17) is 9.84 Å². The van der Waals surface area contributed by atoms with Crippen molar-refractivity contribution in [3.05, 3.63) is 45.4 Å². The van der Waals surface area contributed by atoms with Gasteiger partial charge in [-0.05, 0) is 34.8 Å². The number of halogens is 1. The summed E-state index contributed by atoms with van der Waals surface area (Å²) in [6, 6.07) is 1.83. The van der Waals surface area contributed by atoms with Crippen molar-refractivity contribution < 1.29 is 9.53 Å². The summed E-state index contributed by atoms with van der Waals surface area (Å²) < 4.78 is 8.48. The quantitative estimate of drug-likeness (QED) is 0.771. The third kappa shape index (κ3) is 3.22. The largest absolute Gasteiger partial charge is 0.376 e. The number of fused-ring (bicyclic) bond motifs is 1. The van der Waals surface area contributed by atoms with Gasteiger partial charge in [0.2, 0.25) is 0 Å². The molecule has 2 aliphatic rings. The molecule has 0 aromatic carbocycles. The van der Waals surface area contributed by atoms with Crippen molar-refractivity contribution >= 4 is 21.8 Å². The number of carbonyl (C=O) groups is 1. The summed E-state index contributed by atoms with van der Waals surface area (Å²) in [4.78, 5) is 18.7. The molecule has 2 aromatic rings. The lowest BCUT2D eigenvalue weighted by Crippen LogP contribution is -2.38. The van der Waals surface area contributed by atoms with E-state index in [1.54, 1.807) is 12.4 Å². The molecule has 4 rings (SSSR count). The SMILES string of the molecule is Cn1nc(C2CCN(C(=O)c3cncc(Br)c3)CC2)c2c1CCOC2. The summed E-state index contributed by atoms with van der Waals surface area (Å²) in [5.74, 6) is 0.458. The van der Waals surface area contributed by atoms with Crippen LogP contribution in [0.4, 0.5) is 0 Å². The van der Waals surface area contributed by atoms with Crippen molar-refractivity contribution in [2.24, 2.45) is 7.05 Å².